The fourth-order valence-electron chi connectivity index (χ4n) is 3.40. The van der Waals surface area contributed by atoms with Crippen LogP contribution in [0.15, 0.2) is 42.7 Å². The number of methoxy groups -OCH3 is 1. The summed E-state index contributed by atoms with van der Waals surface area (Å²) in [6.07, 6.45) is 4.85. The molecule has 0 spiro atoms. The number of fused-ring (bicyclic) bond motifs is 1. The molecule has 0 aliphatic carbocycles. The zero-order chi connectivity index (χ0) is 17.1. The molecule has 24 heavy (non-hydrogen) atoms. The highest BCUT2D eigenvalue weighted by atomic mass is 16.5. The van der Waals surface area contributed by atoms with Gasteiger partial charge in [0.05, 0.1) is 12.8 Å². The van der Waals surface area contributed by atoms with Gasteiger partial charge in [-0.05, 0) is 49.6 Å². The lowest BCUT2D eigenvalue weighted by molar-refractivity contribution is -0.140. The Labute approximate surface area is 142 Å². The van der Waals surface area contributed by atoms with Crippen LogP contribution in [0.3, 0.4) is 0 Å². The molecule has 0 aliphatic rings. The molecule has 0 bridgehead atoms. The second kappa shape index (κ2) is 6.87. The third-order valence-electron chi connectivity index (χ3n) is 4.47. The summed E-state index contributed by atoms with van der Waals surface area (Å²) in [5, 5.41) is 1.29. The van der Waals surface area contributed by atoms with Gasteiger partial charge in [-0.25, -0.2) is 0 Å². The van der Waals surface area contributed by atoms with Crippen LogP contribution in [0.2, 0.25) is 0 Å². The number of carbonyl (C=O) groups excluding carboxylic acids is 1. The lowest BCUT2D eigenvalue weighted by atomic mass is 10.0. The van der Waals surface area contributed by atoms with Crippen LogP contribution >= 0.6 is 0 Å². The average molecular weight is 322 g/mol. The van der Waals surface area contributed by atoms with Gasteiger partial charge in [0.1, 0.15) is 0 Å². The molecule has 0 unspecified atom stereocenters. The first-order valence-electron chi connectivity index (χ1n) is 8.19. The molecule has 0 aliphatic heterocycles. The third-order valence-corrected chi connectivity index (χ3v) is 4.47. The van der Waals surface area contributed by atoms with E-state index in [1.54, 1.807) is 6.20 Å². The number of nitrogens with zero attached hydrogens (tertiary/aromatic N) is 2. The Kier molecular flexibility index (Phi) is 4.65. The fourth-order valence-corrected chi connectivity index (χ4v) is 3.40. The third kappa shape index (κ3) is 2.92. The molecule has 3 aromatic rings. The Hall–Kier alpha value is -2.62. The van der Waals surface area contributed by atoms with Crippen molar-refractivity contribution in [2.75, 3.05) is 7.11 Å². The summed E-state index contributed by atoms with van der Waals surface area (Å²) in [5.41, 5.74) is 6.01. The second-order valence-corrected chi connectivity index (χ2v) is 6.02. The molecule has 1 aromatic carbocycles. The van der Waals surface area contributed by atoms with Crippen LogP contribution in [0.25, 0.3) is 22.2 Å². The van der Waals surface area contributed by atoms with E-state index in [1.165, 1.54) is 34.8 Å². The summed E-state index contributed by atoms with van der Waals surface area (Å²) in [5.74, 6) is -0.165. The molecule has 124 valence electrons. The fraction of sp³-hybridized carbons (Fsp3) is 0.300. The van der Waals surface area contributed by atoms with Crippen molar-refractivity contribution in [2.24, 2.45) is 0 Å². The highest BCUT2D eigenvalue weighted by molar-refractivity contribution is 5.93. The molecule has 0 saturated carbocycles. The number of hydrogen-bond donors (Lipinski definition) is 0. The van der Waals surface area contributed by atoms with Gasteiger partial charge in [-0.3, -0.25) is 9.78 Å². The van der Waals surface area contributed by atoms with Crippen LogP contribution < -0.4 is 0 Å². The molecule has 2 heterocycles. The summed E-state index contributed by atoms with van der Waals surface area (Å²) in [6, 6.07) is 10.4. The molecule has 0 saturated heterocycles. The number of rotatable bonds is 5. The van der Waals surface area contributed by atoms with E-state index in [4.69, 9.17) is 4.74 Å². The van der Waals surface area contributed by atoms with E-state index >= 15 is 0 Å². The van der Waals surface area contributed by atoms with Crippen LogP contribution in [0.1, 0.15) is 24.0 Å². The predicted octanol–water partition coefficient (Wildman–Crippen LogP) is 4.27. The summed E-state index contributed by atoms with van der Waals surface area (Å²) in [4.78, 5) is 15.7. The van der Waals surface area contributed by atoms with Crippen LogP contribution in [0, 0.1) is 13.8 Å². The quantitative estimate of drug-likeness (QED) is 0.659. The van der Waals surface area contributed by atoms with E-state index in [-0.39, 0.29) is 5.97 Å². The van der Waals surface area contributed by atoms with Gasteiger partial charge in [-0.2, -0.15) is 0 Å². The SMILES string of the molecule is COC(=O)CCCn1c(-c2cccnc2)c(C)c2c(C)cccc21. The first kappa shape index (κ1) is 16.2. The molecule has 0 N–H and O–H groups in total. The molecule has 0 radical (unpaired) electrons. The zero-order valence-electron chi connectivity index (χ0n) is 14.4. The topological polar surface area (TPSA) is 44.1 Å². The summed E-state index contributed by atoms with van der Waals surface area (Å²) >= 11 is 0. The van der Waals surface area contributed by atoms with Crippen LogP contribution in [-0.2, 0) is 16.1 Å². The smallest absolute Gasteiger partial charge is 0.305 e. The summed E-state index contributed by atoms with van der Waals surface area (Å²) < 4.78 is 7.06. The van der Waals surface area contributed by atoms with Gasteiger partial charge in [0.25, 0.3) is 0 Å². The number of ether oxygens (including phenoxy) is 1. The first-order valence-corrected chi connectivity index (χ1v) is 8.19. The number of pyridine rings is 1. The number of aryl methyl sites for hydroxylation is 3. The van der Waals surface area contributed by atoms with Crippen LogP contribution in [0.5, 0.6) is 0 Å². The van der Waals surface area contributed by atoms with Crippen LogP contribution in [-0.4, -0.2) is 22.6 Å². The maximum atomic E-state index is 11.4. The van der Waals surface area contributed by atoms with Gasteiger partial charge in [-0.15, -0.1) is 0 Å². The maximum absolute atomic E-state index is 11.4. The molecule has 2 aromatic heterocycles. The van der Waals surface area contributed by atoms with Crippen molar-refractivity contribution in [2.45, 2.75) is 33.2 Å². The number of hydrogen-bond acceptors (Lipinski definition) is 3. The van der Waals surface area contributed by atoms with Crippen molar-refractivity contribution >= 4 is 16.9 Å². The highest BCUT2D eigenvalue weighted by Crippen LogP contribution is 2.35. The van der Waals surface area contributed by atoms with Crippen molar-refractivity contribution in [3.63, 3.8) is 0 Å². The second-order valence-electron chi connectivity index (χ2n) is 6.02. The van der Waals surface area contributed by atoms with Gasteiger partial charge in [0.2, 0.25) is 0 Å². The van der Waals surface area contributed by atoms with Crippen LogP contribution in [0.4, 0.5) is 0 Å². The number of benzene rings is 1. The molecule has 3 rings (SSSR count). The van der Waals surface area contributed by atoms with Crippen molar-refractivity contribution < 1.29 is 9.53 Å². The number of aromatic nitrogens is 2. The average Bonchev–Trinajstić information content (AvgIpc) is 2.89. The van der Waals surface area contributed by atoms with E-state index in [0.717, 1.165) is 18.5 Å². The Morgan fingerprint density at radius 3 is 2.75 bits per heavy atom. The normalized spacial score (nSPS) is 11.0. The Bertz CT molecular complexity index is 866. The molecular formula is C20H22N2O2. The van der Waals surface area contributed by atoms with E-state index < -0.39 is 0 Å². The monoisotopic (exact) mass is 322 g/mol. The molecular weight excluding hydrogens is 300 g/mol. The Morgan fingerprint density at radius 2 is 2.04 bits per heavy atom. The largest absolute Gasteiger partial charge is 0.469 e. The molecule has 0 atom stereocenters. The van der Waals surface area contributed by atoms with Crippen molar-refractivity contribution in [1.29, 1.82) is 0 Å². The predicted molar refractivity (Wildman–Crippen MR) is 95.9 cm³/mol. The van der Waals surface area contributed by atoms with Gasteiger partial charge in [0.15, 0.2) is 0 Å². The lowest BCUT2D eigenvalue weighted by Gasteiger charge is -2.11. The number of carbonyl (C=O) groups is 1. The Balaban J connectivity index is 2.11. The summed E-state index contributed by atoms with van der Waals surface area (Å²) in [7, 11) is 1.43. The van der Waals surface area contributed by atoms with Gasteiger partial charge < -0.3 is 9.30 Å². The van der Waals surface area contributed by atoms with Gasteiger partial charge in [0, 0.05) is 41.8 Å². The van der Waals surface area contributed by atoms with Gasteiger partial charge in [-0.1, -0.05) is 12.1 Å². The highest BCUT2D eigenvalue weighted by Gasteiger charge is 2.17. The van der Waals surface area contributed by atoms with E-state index in [0.29, 0.717) is 6.42 Å². The maximum Gasteiger partial charge on any atom is 0.305 e. The van der Waals surface area contributed by atoms with E-state index in [1.807, 2.05) is 12.3 Å². The molecule has 4 nitrogen and oxygen atoms in total. The molecule has 4 heteroatoms. The zero-order valence-corrected chi connectivity index (χ0v) is 14.4. The lowest BCUT2D eigenvalue weighted by Crippen LogP contribution is -2.05. The standard InChI is InChI=1S/C20H22N2O2/c1-14-7-4-9-17-19(14)15(2)20(16-8-5-11-21-13-16)22(17)12-6-10-18(23)24-3/h4-5,7-9,11,13H,6,10,12H2,1-3H3. The summed E-state index contributed by atoms with van der Waals surface area (Å²) in [6.45, 7) is 5.07. The van der Waals surface area contributed by atoms with Crippen molar-refractivity contribution in [1.82, 2.24) is 9.55 Å². The molecule has 0 amide bonds. The van der Waals surface area contributed by atoms with Gasteiger partial charge >= 0.3 is 5.97 Å². The minimum absolute atomic E-state index is 0.165. The van der Waals surface area contributed by atoms with E-state index in [9.17, 15) is 4.79 Å². The Morgan fingerprint density at radius 1 is 1.21 bits per heavy atom. The van der Waals surface area contributed by atoms with Crippen molar-refractivity contribution in [3.05, 3.63) is 53.9 Å². The molecule has 0 fully saturated rings. The van der Waals surface area contributed by atoms with Crippen molar-refractivity contribution in [3.8, 4) is 11.3 Å². The minimum Gasteiger partial charge on any atom is -0.469 e. The first-order chi connectivity index (χ1) is 11.6. The van der Waals surface area contributed by atoms with E-state index in [2.05, 4.69) is 47.7 Å². The minimum atomic E-state index is -0.165. The number of esters is 1.